The van der Waals surface area contributed by atoms with Gasteiger partial charge >= 0.3 is 0 Å². The predicted octanol–water partition coefficient (Wildman–Crippen LogP) is -0.113. The van der Waals surface area contributed by atoms with Gasteiger partial charge in [-0.15, -0.1) is 0 Å². The van der Waals surface area contributed by atoms with E-state index in [0.717, 1.165) is 6.42 Å². The first-order valence-electron chi connectivity index (χ1n) is 5.31. The highest BCUT2D eigenvalue weighted by Gasteiger charge is 2.38. The number of hydrogen-bond acceptors (Lipinski definition) is 4. The van der Waals surface area contributed by atoms with E-state index in [9.17, 15) is 10.2 Å². The minimum Gasteiger partial charge on any atom is -0.392 e. The molecule has 1 aliphatic heterocycles. The van der Waals surface area contributed by atoms with Gasteiger partial charge in [0.25, 0.3) is 0 Å². The van der Waals surface area contributed by atoms with Crippen molar-refractivity contribution in [2.24, 2.45) is 0 Å². The Morgan fingerprint density at radius 1 is 1.64 bits per heavy atom. The van der Waals surface area contributed by atoms with E-state index in [2.05, 4.69) is 5.32 Å². The molecule has 84 valence electrons. The number of ether oxygens (including phenoxy) is 1. The Kier molecular flexibility index (Phi) is 4.31. The molecule has 1 aliphatic rings. The van der Waals surface area contributed by atoms with Crippen LogP contribution in [0.1, 0.15) is 26.7 Å². The molecule has 1 saturated heterocycles. The standard InChI is InChI=1S/C10H21NO3/c1-3-9(12)6-11-7-10(13)4-5-14-8(10)2/h8-9,11-13H,3-7H2,1-2H3. The molecule has 0 radical (unpaired) electrons. The molecule has 0 spiro atoms. The summed E-state index contributed by atoms with van der Waals surface area (Å²) in [6, 6.07) is 0. The number of nitrogens with one attached hydrogen (secondary N) is 1. The van der Waals surface area contributed by atoms with Crippen LogP contribution in [-0.4, -0.2) is 47.7 Å². The zero-order valence-electron chi connectivity index (χ0n) is 8.99. The van der Waals surface area contributed by atoms with Crippen molar-refractivity contribution in [2.45, 2.75) is 44.5 Å². The molecule has 3 unspecified atom stereocenters. The fourth-order valence-corrected chi connectivity index (χ4v) is 1.60. The molecular formula is C10H21NO3. The Labute approximate surface area is 85.3 Å². The molecule has 0 aromatic heterocycles. The van der Waals surface area contributed by atoms with E-state index in [1.165, 1.54) is 0 Å². The maximum absolute atomic E-state index is 10.1. The quantitative estimate of drug-likeness (QED) is 0.583. The highest BCUT2D eigenvalue weighted by Crippen LogP contribution is 2.24. The molecule has 0 aromatic rings. The fraction of sp³-hybridized carbons (Fsp3) is 1.00. The zero-order chi connectivity index (χ0) is 10.6. The van der Waals surface area contributed by atoms with Gasteiger partial charge in [0.15, 0.2) is 0 Å². The van der Waals surface area contributed by atoms with Crippen LogP contribution in [0.5, 0.6) is 0 Å². The van der Waals surface area contributed by atoms with E-state index in [0.29, 0.717) is 26.1 Å². The first-order valence-corrected chi connectivity index (χ1v) is 5.31. The molecule has 0 amide bonds. The smallest absolute Gasteiger partial charge is 0.105 e. The SMILES string of the molecule is CCC(O)CNCC1(O)CCOC1C. The summed E-state index contributed by atoms with van der Waals surface area (Å²) in [4.78, 5) is 0. The van der Waals surface area contributed by atoms with Crippen molar-refractivity contribution >= 4 is 0 Å². The summed E-state index contributed by atoms with van der Waals surface area (Å²) in [7, 11) is 0. The first-order chi connectivity index (χ1) is 6.58. The lowest BCUT2D eigenvalue weighted by molar-refractivity contribution is -0.0274. The van der Waals surface area contributed by atoms with Crippen molar-refractivity contribution < 1.29 is 14.9 Å². The van der Waals surface area contributed by atoms with Crippen molar-refractivity contribution in [2.75, 3.05) is 19.7 Å². The molecule has 0 aromatic carbocycles. The third-order valence-electron chi connectivity index (χ3n) is 2.94. The van der Waals surface area contributed by atoms with Gasteiger partial charge in [-0.05, 0) is 13.3 Å². The maximum Gasteiger partial charge on any atom is 0.105 e. The van der Waals surface area contributed by atoms with Crippen molar-refractivity contribution in [3.05, 3.63) is 0 Å². The third-order valence-corrected chi connectivity index (χ3v) is 2.94. The Balaban J connectivity index is 2.23. The number of aliphatic hydroxyl groups excluding tert-OH is 1. The van der Waals surface area contributed by atoms with Crippen LogP contribution in [-0.2, 0) is 4.74 Å². The van der Waals surface area contributed by atoms with Gasteiger partial charge in [0.05, 0.1) is 12.2 Å². The van der Waals surface area contributed by atoms with Gasteiger partial charge in [-0.1, -0.05) is 6.92 Å². The second-order valence-electron chi connectivity index (χ2n) is 4.06. The lowest BCUT2D eigenvalue weighted by atomic mass is 9.97. The third kappa shape index (κ3) is 2.92. The number of aliphatic hydroxyl groups is 2. The van der Waals surface area contributed by atoms with Crippen molar-refractivity contribution in [3.63, 3.8) is 0 Å². The van der Waals surface area contributed by atoms with Crippen molar-refractivity contribution in [1.29, 1.82) is 0 Å². The molecule has 1 rings (SSSR count). The zero-order valence-corrected chi connectivity index (χ0v) is 8.99. The Morgan fingerprint density at radius 2 is 2.36 bits per heavy atom. The summed E-state index contributed by atoms with van der Waals surface area (Å²) < 4.78 is 5.30. The van der Waals surface area contributed by atoms with E-state index in [1.54, 1.807) is 0 Å². The molecule has 14 heavy (non-hydrogen) atoms. The topological polar surface area (TPSA) is 61.7 Å². The highest BCUT2D eigenvalue weighted by molar-refractivity contribution is 4.91. The Morgan fingerprint density at radius 3 is 2.86 bits per heavy atom. The molecular weight excluding hydrogens is 182 g/mol. The minimum absolute atomic E-state index is 0.117. The van der Waals surface area contributed by atoms with Crippen molar-refractivity contribution in [1.82, 2.24) is 5.32 Å². The molecule has 1 fully saturated rings. The largest absolute Gasteiger partial charge is 0.392 e. The Bertz CT molecular complexity index is 177. The lowest BCUT2D eigenvalue weighted by Crippen LogP contribution is -2.47. The average molecular weight is 203 g/mol. The van der Waals surface area contributed by atoms with E-state index in [4.69, 9.17) is 4.74 Å². The van der Waals surface area contributed by atoms with Crippen LogP contribution in [0.3, 0.4) is 0 Å². The normalized spacial score (nSPS) is 34.7. The highest BCUT2D eigenvalue weighted by atomic mass is 16.5. The molecule has 1 heterocycles. The van der Waals surface area contributed by atoms with Gasteiger partial charge in [-0.3, -0.25) is 0 Å². The minimum atomic E-state index is -0.756. The van der Waals surface area contributed by atoms with Gasteiger partial charge in [0.2, 0.25) is 0 Å². The number of rotatable bonds is 5. The Hall–Kier alpha value is -0.160. The van der Waals surface area contributed by atoms with Crippen LogP contribution in [0.4, 0.5) is 0 Å². The molecule has 4 nitrogen and oxygen atoms in total. The van der Waals surface area contributed by atoms with Crippen LogP contribution >= 0.6 is 0 Å². The van der Waals surface area contributed by atoms with Crippen LogP contribution in [0.2, 0.25) is 0 Å². The van der Waals surface area contributed by atoms with Gasteiger partial charge in [-0.2, -0.15) is 0 Å². The number of hydrogen-bond donors (Lipinski definition) is 3. The van der Waals surface area contributed by atoms with E-state index in [-0.39, 0.29) is 12.2 Å². The van der Waals surface area contributed by atoms with Gasteiger partial charge in [-0.25, -0.2) is 0 Å². The summed E-state index contributed by atoms with van der Waals surface area (Å²) >= 11 is 0. The monoisotopic (exact) mass is 203 g/mol. The van der Waals surface area contributed by atoms with Gasteiger partial charge in [0, 0.05) is 26.1 Å². The van der Waals surface area contributed by atoms with Crippen LogP contribution in [0, 0.1) is 0 Å². The lowest BCUT2D eigenvalue weighted by Gasteiger charge is -2.26. The molecule has 4 heteroatoms. The molecule has 0 aliphatic carbocycles. The maximum atomic E-state index is 10.1. The van der Waals surface area contributed by atoms with E-state index < -0.39 is 5.60 Å². The second kappa shape index (κ2) is 5.07. The fourth-order valence-electron chi connectivity index (χ4n) is 1.60. The van der Waals surface area contributed by atoms with Crippen LogP contribution < -0.4 is 5.32 Å². The summed E-state index contributed by atoms with van der Waals surface area (Å²) in [6.45, 7) is 5.46. The van der Waals surface area contributed by atoms with Gasteiger partial charge in [0.1, 0.15) is 5.60 Å². The second-order valence-corrected chi connectivity index (χ2v) is 4.06. The molecule has 0 bridgehead atoms. The average Bonchev–Trinajstić information content (AvgIpc) is 2.47. The summed E-state index contributed by atoms with van der Waals surface area (Å²) in [5.74, 6) is 0. The summed E-state index contributed by atoms with van der Waals surface area (Å²) in [5.41, 5.74) is -0.756. The van der Waals surface area contributed by atoms with E-state index >= 15 is 0 Å². The van der Waals surface area contributed by atoms with Crippen LogP contribution in [0.15, 0.2) is 0 Å². The van der Waals surface area contributed by atoms with E-state index in [1.807, 2.05) is 13.8 Å². The van der Waals surface area contributed by atoms with Crippen molar-refractivity contribution in [3.8, 4) is 0 Å². The molecule has 0 saturated carbocycles. The summed E-state index contributed by atoms with van der Waals surface area (Å²) in [5, 5.41) is 22.5. The predicted molar refractivity (Wildman–Crippen MR) is 54.1 cm³/mol. The van der Waals surface area contributed by atoms with Crippen LogP contribution in [0.25, 0.3) is 0 Å². The first kappa shape index (κ1) is 11.9. The summed E-state index contributed by atoms with van der Waals surface area (Å²) in [6.07, 6.45) is 0.964. The molecule has 3 atom stereocenters. The molecule has 3 N–H and O–H groups in total. The van der Waals surface area contributed by atoms with Gasteiger partial charge < -0.3 is 20.3 Å².